The second-order valence-corrected chi connectivity index (χ2v) is 6.35. The molecule has 1 atom stereocenters. The number of aryl methyl sites for hydroxylation is 2. The molecule has 0 amide bonds. The van der Waals surface area contributed by atoms with Gasteiger partial charge in [-0.15, -0.1) is 0 Å². The molecule has 0 saturated carbocycles. The lowest BCUT2D eigenvalue weighted by Gasteiger charge is -2.33. The van der Waals surface area contributed by atoms with Crippen molar-refractivity contribution in [2.45, 2.75) is 45.6 Å². The van der Waals surface area contributed by atoms with E-state index < -0.39 is 0 Å². The second-order valence-electron chi connectivity index (χ2n) is 6.35. The van der Waals surface area contributed by atoms with Crippen molar-refractivity contribution < 1.29 is 0 Å². The highest BCUT2D eigenvalue weighted by molar-refractivity contribution is 5.26. The zero-order valence-corrected chi connectivity index (χ0v) is 13.6. The number of hydrogen-bond donors (Lipinski definition) is 0. The molecule has 22 heavy (non-hydrogen) atoms. The molecule has 3 heteroatoms. The van der Waals surface area contributed by atoms with E-state index in [9.17, 15) is 0 Å². The zero-order valence-electron chi connectivity index (χ0n) is 13.6. The summed E-state index contributed by atoms with van der Waals surface area (Å²) in [5.41, 5.74) is 4.07. The van der Waals surface area contributed by atoms with Crippen LogP contribution in [0.3, 0.4) is 0 Å². The molecule has 116 valence electrons. The predicted molar refractivity (Wildman–Crippen MR) is 89.8 cm³/mol. The molecule has 0 aliphatic carbocycles. The van der Waals surface area contributed by atoms with Crippen LogP contribution in [-0.4, -0.2) is 28.0 Å². The van der Waals surface area contributed by atoms with Gasteiger partial charge < -0.3 is 0 Å². The fourth-order valence-electron chi connectivity index (χ4n) is 3.30. The van der Waals surface area contributed by atoms with Gasteiger partial charge in [0.15, 0.2) is 0 Å². The maximum atomic E-state index is 4.41. The molecule has 0 radical (unpaired) electrons. The van der Waals surface area contributed by atoms with Crippen LogP contribution >= 0.6 is 0 Å². The van der Waals surface area contributed by atoms with Gasteiger partial charge in [-0.2, -0.15) is 0 Å². The average molecular weight is 295 g/mol. The third-order valence-corrected chi connectivity index (χ3v) is 4.50. The van der Waals surface area contributed by atoms with Crippen molar-refractivity contribution in [3.8, 4) is 0 Å². The predicted octanol–water partition coefficient (Wildman–Crippen LogP) is 3.73. The standard InChI is InChI=1S/C19H25N3/c1-3-19-20-11-16(12-21-19)13-22-9-5-8-18(14-22)17-7-4-6-15(2)10-17/h4,6-7,10-12,18H,3,5,8-9,13-14H2,1-2H3/t18-/m0/s1. The van der Waals surface area contributed by atoms with Crippen LogP contribution in [0.1, 0.15) is 48.2 Å². The lowest BCUT2D eigenvalue weighted by atomic mass is 9.90. The van der Waals surface area contributed by atoms with Crippen molar-refractivity contribution >= 4 is 0 Å². The summed E-state index contributed by atoms with van der Waals surface area (Å²) in [6.07, 6.45) is 7.45. The van der Waals surface area contributed by atoms with E-state index in [0.717, 1.165) is 25.3 Å². The van der Waals surface area contributed by atoms with Crippen LogP contribution in [0.15, 0.2) is 36.7 Å². The number of piperidine rings is 1. The van der Waals surface area contributed by atoms with E-state index in [-0.39, 0.29) is 0 Å². The molecule has 3 rings (SSSR count). The van der Waals surface area contributed by atoms with Crippen molar-refractivity contribution in [1.82, 2.24) is 14.9 Å². The van der Waals surface area contributed by atoms with E-state index in [1.54, 1.807) is 0 Å². The van der Waals surface area contributed by atoms with Crippen LogP contribution in [0.25, 0.3) is 0 Å². The molecule has 1 saturated heterocycles. The summed E-state index contributed by atoms with van der Waals surface area (Å²) in [5.74, 6) is 1.59. The fourth-order valence-corrected chi connectivity index (χ4v) is 3.30. The molecule has 1 aliphatic rings. The molecule has 1 aliphatic heterocycles. The molecule has 0 N–H and O–H groups in total. The minimum absolute atomic E-state index is 0.657. The summed E-state index contributed by atoms with van der Waals surface area (Å²) in [4.78, 5) is 11.4. The summed E-state index contributed by atoms with van der Waals surface area (Å²) in [5, 5.41) is 0. The van der Waals surface area contributed by atoms with Crippen LogP contribution < -0.4 is 0 Å². The van der Waals surface area contributed by atoms with Gasteiger partial charge in [-0.3, -0.25) is 4.90 Å². The molecule has 0 bridgehead atoms. The summed E-state index contributed by atoms with van der Waals surface area (Å²) < 4.78 is 0. The highest BCUT2D eigenvalue weighted by atomic mass is 15.1. The van der Waals surface area contributed by atoms with E-state index in [1.807, 2.05) is 12.4 Å². The van der Waals surface area contributed by atoms with Gasteiger partial charge in [0.2, 0.25) is 0 Å². The molecule has 0 unspecified atom stereocenters. The molecule has 1 aromatic heterocycles. The van der Waals surface area contributed by atoms with Crippen LogP contribution in [0.2, 0.25) is 0 Å². The molecule has 1 aromatic carbocycles. The van der Waals surface area contributed by atoms with E-state index in [4.69, 9.17) is 0 Å². The Morgan fingerprint density at radius 1 is 1.23 bits per heavy atom. The van der Waals surface area contributed by atoms with Gasteiger partial charge >= 0.3 is 0 Å². The SMILES string of the molecule is CCc1ncc(CN2CCC[C@H](c3cccc(C)c3)C2)cn1. The lowest BCUT2D eigenvalue weighted by Crippen LogP contribution is -2.34. The number of benzene rings is 1. The Hall–Kier alpha value is -1.74. The van der Waals surface area contributed by atoms with Gasteiger partial charge in [0.25, 0.3) is 0 Å². The van der Waals surface area contributed by atoms with Crippen molar-refractivity contribution in [3.05, 3.63) is 59.2 Å². The average Bonchev–Trinajstić information content (AvgIpc) is 2.56. The quantitative estimate of drug-likeness (QED) is 0.860. The second kappa shape index (κ2) is 7.01. The highest BCUT2D eigenvalue weighted by Gasteiger charge is 2.21. The van der Waals surface area contributed by atoms with Gasteiger partial charge in [-0.05, 0) is 37.8 Å². The molecule has 1 fully saturated rings. The van der Waals surface area contributed by atoms with Crippen molar-refractivity contribution in [2.24, 2.45) is 0 Å². The Morgan fingerprint density at radius 3 is 2.77 bits per heavy atom. The molecule has 2 heterocycles. The van der Waals surface area contributed by atoms with Crippen LogP contribution in [0.5, 0.6) is 0 Å². The van der Waals surface area contributed by atoms with E-state index in [0.29, 0.717) is 5.92 Å². The van der Waals surface area contributed by atoms with Gasteiger partial charge in [-0.25, -0.2) is 9.97 Å². The van der Waals surface area contributed by atoms with Crippen LogP contribution in [-0.2, 0) is 13.0 Å². The van der Waals surface area contributed by atoms with Crippen molar-refractivity contribution in [1.29, 1.82) is 0 Å². The zero-order chi connectivity index (χ0) is 15.4. The Kier molecular flexibility index (Phi) is 4.84. The molecule has 3 nitrogen and oxygen atoms in total. The molecular weight excluding hydrogens is 270 g/mol. The normalized spacial score (nSPS) is 19.3. The topological polar surface area (TPSA) is 29.0 Å². The van der Waals surface area contributed by atoms with E-state index in [2.05, 4.69) is 53.0 Å². The molecule has 0 spiro atoms. The lowest BCUT2D eigenvalue weighted by molar-refractivity contribution is 0.200. The third-order valence-electron chi connectivity index (χ3n) is 4.50. The number of rotatable bonds is 4. The first-order valence-corrected chi connectivity index (χ1v) is 8.33. The molecular formula is C19H25N3. The number of hydrogen-bond acceptors (Lipinski definition) is 3. The monoisotopic (exact) mass is 295 g/mol. The Labute approximate surface area is 133 Å². The first kappa shape index (κ1) is 15.2. The minimum atomic E-state index is 0.657. The Morgan fingerprint density at radius 2 is 2.05 bits per heavy atom. The maximum Gasteiger partial charge on any atom is 0.127 e. The summed E-state index contributed by atoms with van der Waals surface area (Å²) in [6.45, 7) is 7.55. The number of nitrogens with zero attached hydrogens (tertiary/aromatic N) is 3. The Bertz CT molecular complexity index is 606. The van der Waals surface area contributed by atoms with E-state index in [1.165, 1.54) is 36.1 Å². The molecule has 2 aromatic rings. The number of likely N-dealkylation sites (tertiary alicyclic amines) is 1. The smallest absolute Gasteiger partial charge is 0.127 e. The number of aromatic nitrogens is 2. The first-order chi connectivity index (χ1) is 10.7. The fraction of sp³-hybridized carbons (Fsp3) is 0.474. The van der Waals surface area contributed by atoms with Crippen LogP contribution in [0.4, 0.5) is 0 Å². The largest absolute Gasteiger partial charge is 0.298 e. The highest BCUT2D eigenvalue weighted by Crippen LogP contribution is 2.28. The first-order valence-electron chi connectivity index (χ1n) is 8.33. The summed E-state index contributed by atoms with van der Waals surface area (Å²) >= 11 is 0. The third kappa shape index (κ3) is 3.72. The Balaban J connectivity index is 1.65. The minimum Gasteiger partial charge on any atom is -0.298 e. The van der Waals surface area contributed by atoms with Crippen molar-refractivity contribution in [3.63, 3.8) is 0 Å². The van der Waals surface area contributed by atoms with Gasteiger partial charge in [0.1, 0.15) is 5.82 Å². The van der Waals surface area contributed by atoms with Gasteiger partial charge in [0.05, 0.1) is 0 Å². The summed E-state index contributed by atoms with van der Waals surface area (Å²) in [7, 11) is 0. The van der Waals surface area contributed by atoms with Crippen molar-refractivity contribution in [2.75, 3.05) is 13.1 Å². The van der Waals surface area contributed by atoms with Gasteiger partial charge in [-0.1, -0.05) is 36.8 Å². The van der Waals surface area contributed by atoms with Gasteiger partial charge in [0, 0.05) is 37.5 Å². The maximum absolute atomic E-state index is 4.41. The van der Waals surface area contributed by atoms with E-state index >= 15 is 0 Å². The summed E-state index contributed by atoms with van der Waals surface area (Å²) in [6, 6.07) is 8.98. The van der Waals surface area contributed by atoms with Crippen LogP contribution in [0, 0.1) is 6.92 Å².